The lowest BCUT2D eigenvalue weighted by Gasteiger charge is -2.13. The minimum Gasteiger partial charge on any atom is -0.488 e. The summed E-state index contributed by atoms with van der Waals surface area (Å²) in [5.74, 6) is 0.836. The largest absolute Gasteiger partial charge is 0.488 e. The third-order valence-electron chi connectivity index (χ3n) is 4.17. The first-order valence-electron chi connectivity index (χ1n) is 8.51. The van der Waals surface area contributed by atoms with E-state index in [1.165, 1.54) is 0 Å². The van der Waals surface area contributed by atoms with Crippen LogP contribution in [-0.2, 0) is 6.61 Å². The average molecular weight is 541 g/mol. The Hall–Kier alpha value is -1.41. The van der Waals surface area contributed by atoms with Gasteiger partial charge in [0.05, 0.1) is 13.6 Å². The average Bonchev–Trinajstić information content (AvgIpc) is 3.20. The van der Waals surface area contributed by atoms with Gasteiger partial charge >= 0.3 is 0 Å². The van der Waals surface area contributed by atoms with Crippen molar-refractivity contribution in [3.63, 3.8) is 0 Å². The van der Waals surface area contributed by atoms with Crippen LogP contribution in [0, 0.1) is 3.57 Å². The summed E-state index contributed by atoms with van der Waals surface area (Å²) in [5, 5.41) is 6.65. The molecule has 1 aliphatic rings. The van der Waals surface area contributed by atoms with Gasteiger partial charge in [-0.2, -0.15) is 5.10 Å². The fourth-order valence-corrected chi connectivity index (χ4v) is 4.73. The Morgan fingerprint density at radius 2 is 1.82 bits per heavy atom. The zero-order valence-corrected chi connectivity index (χ0v) is 19.0. The highest BCUT2D eigenvalue weighted by molar-refractivity contribution is 14.1. The van der Waals surface area contributed by atoms with E-state index in [2.05, 4.69) is 57.4 Å². The van der Waals surface area contributed by atoms with Crippen molar-refractivity contribution in [1.29, 1.82) is 0 Å². The second-order valence-electron chi connectivity index (χ2n) is 6.14. The molecule has 28 heavy (non-hydrogen) atoms. The number of benzene rings is 3. The van der Waals surface area contributed by atoms with Gasteiger partial charge in [-0.3, -0.25) is 5.43 Å². The van der Waals surface area contributed by atoms with Gasteiger partial charge in [0.1, 0.15) is 22.8 Å². The Morgan fingerprint density at radius 1 is 1.00 bits per heavy atom. The first-order chi connectivity index (χ1) is 13.6. The predicted octanol–water partition coefficient (Wildman–Crippen LogP) is 6.87. The summed E-state index contributed by atoms with van der Waals surface area (Å²) in [5.41, 5.74) is 6.47. The molecule has 3 nitrogen and oxygen atoms in total. The van der Waals surface area contributed by atoms with Crippen LogP contribution in [0.25, 0.3) is 0 Å². The van der Waals surface area contributed by atoms with Gasteiger partial charge in [-0.05, 0) is 58.0 Å². The Kier molecular flexibility index (Phi) is 6.35. The number of rotatable bonds is 5. The van der Waals surface area contributed by atoms with Gasteiger partial charge < -0.3 is 4.74 Å². The highest BCUT2D eigenvalue weighted by Crippen LogP contribution is 2.36. The van der Waals surface area contributed by atoms with E-state index in [0.29, 0.717) is 16.7 Å². The highest BCUT2D eigenvalue weighted by atomic mass is 127. The van der Waals surface area contributed by atoms with Crippen molar-refractivity contribution < 1.29 is 4.74 Å². The molecule has 0 spiro atoms. The van der Waals surface area contributed by atoms with Gasteiger partial charge in [0.2, 0.25) is 0 Å². The van der Waals surface area contributed by atoms with Crippen molar-refractivity contribution >= 4 is 62.6 Å². The highest BCUT2D eigenvalue weighted by Gasteiger charge is 2.22. The summed E-state index contributed by atoms with van der Waals surface area (Å²) in [6.45, 7) is 0.434. The van der Waals surface area contributed by atoms with Crippen molar-refractivity contribution in [2.75, 3.05) is 0 Å². The van der Waals surface area contributed by atoms with Crippen LogP contribution < -0.4 is 10.2 Å². The van der Waals surface area contributed by atoms with Crippen molar-refractivity contribution in [1.82, 2.24) is 5.43 Å². The predicted molar refractivity (Wildman–Crippen MR) is 126 cm³/mol. The van der Waals surface area contributed by atoms with Crippen LogP contribution in [0.2, 0.25) is 10.0 Å². The maximum atomic E-state index is 6.07. The lowest BCUT2D eigenvalue weighted by Crippen LogP contribution is -2.07. The van der Waals surface area contributed by atoms with Crippen LogP contribution in [0.3, 0.4) is 0 Å². The molecule has 0 saturated heterocycles. The minimum atomic E-state index is 0.0906. The summed E-state index contributed by atoms with van der Waals surface area (Å²) >= 11 is 16.0. The second kappa shape index (κ2) is 8.95. The summed E-state index contributed by atoms with van der Waals surface area (Å²) < 4.78 is 7.01. The molecule has 4 rings (SSSR count). The van der Waals surface area contributed by atoms with Gasteiger partial charge in [-0.1, -0.05) is 77.4 Å². The number of nitrogens with one attached hydrogen (secondary N) is 1. The third kappa shape index (κ3) is 4.59. The number of thioether (sulfide) groups is 1. The van der Waals surface area contributed by atoms with Crippen molar-refractivity contribution in [2.45, 2.75) is 12.0 Å². The van der Waals surface area contributed by atoms with E-state index < -0.39 is 0 Å². The molecule has 0 aliphatic carbocycles. The van der Waals surface area contributed by atoms with E-state index in [1.807, 2.05) is 36.4 Å². The van der Waals surface area contributed by atoms with E-state index in [0.717, 1.165) is 31.1 Å². The molecular weight excluding hydrogens is 526 g/mol. The van der Waals surface area contributed by atoms with Gasteiger partial charge in [0, 0.05) is 5.56 Å². The molecule has 1 N–H and O–H groups in total. The molecule has 142 valence electrons. The number of halogens is 3. The summed E-state index contributed by atoms with van der Waals surface area (Å²) in [6, 6.07) is 21.9. The van der Waals surface area contributed by atoms with E-state index >= 15 is 0 Å². The lowest BCUT2D eigenvalue weighted by molar-refractivity contribution is 0.304. The molecule has 0 amide bonds. The number of nitrogens with zero attached hydrogens (tertiary/aromatic N) is 1. The standard InChI is InChI=1S/C21H15Cl2IN2OS/c22-16-8-6-13(10-17(16)23)12-27-19-9-7-15(11-18(19)24)21-26-25-20(28-21)14-4-2-1-3-5-14/h1-11,21,26H,12H2/t21-/m1/s1. The fourth-order valence-electron chi connectivity index (χ4n) is 2.73. The van der Waals surface area contributed by atoms with Gasteiger partial charge in [-0.15, -0.1) is 0 Å². The molecule has 7 heteroatoms. The second-order valence-corrected chi connectivity index (χ2v) is 9.21. The lowest BCUT2D eigenvalue weighted by atomic mass is 10.2. The maximum absolute atomic E-state index is 6.07. The molecular formula is C21H15Cl2IN2OS. The molecule has 3 aromatic carbocycles. The minimum absolute atomic E-state index is 0.0906. The Morgan fingerprint density at radius 3 is 2.57 bits per heavy atom. The smallest absolute Gasteiger partial charge is 0.133 e. The van der Waals surface area contributed by atoms with Gasteiger partial charge in [0.15, 0.2) is 0 Å². The Labute approximate surface area is 191 Å². The first kappa shape index (κ1) is 19.9. The molecule has 0 aromatic heterocycles. The number of ether oxygens (including phenoxy) is 1. The molecule has 1 atom stereocenters. The number of hydrogen-bond donors (Lipinski definition) is 1. The third-order valence-corrected chi connectivity index (χ3v) is 6.92. The molecule has 0 saturated carbocycles. The molecule has 3 aromatic rings. The van der Waals surface area contributed by atoms with E-state index in [1.54, 1.807) is 17.8 Å². The number of hydrogen-bond acceptors (Lipinski definition) is 4. The normalized spacial score (nSPS) is 15.8. The summed E-state index contributed by atoms with van der Waals surface area (Å²) in [7, 11) is 0. The van der Waals surface area contributed by atoms with E-state index in [-0.39, 0.29) is 5.37 Å². The monoisotopic (exact) mass is 540 g/mol. The Balaban J connectivity index is 1.41. The molecule has 0 fully saturated rings. The van der Waals surface area contributed by atoms with Crippen molar-refractivity contribution in [2.24, 2.45) is 5.10 Å². The zero-order valence-electron chi connectivity index (χ0n) is 14.5. The van der Waals surface area contributed by atoms with Crippen LogP contribution in [0.4, 0.5) is 0 Å². The van der Waals surface area contributed by atoms with E-state index in [9.17, 15) is 0 Å². The van der Waals surface area contributed by atoms with Crippen LogP contribution >= 0.6 is 57.6 Å². The van der Waals surface area contributed by atoms with Crippen LogP contribution in [-0.4, -0.2) is 5.04 Å². The number of hydrazone groups is 1. The zero-order chi connectivity index (χ0) is 19.5. The molecule has 1 aliphatic heterocycles. The van der Waals surface area contributed by atoms with Crippen LogP contribution in [0.1, 0.15) is 22.1 Å². The van der Waals surface area contributed by atoms with Crippen LogP contribution in [0.15, 0.2) is 71.8 Å². The summed E-state index contributed by atoms with van der Waals surface area (Å²) in [4.78, 5) is 0. The van der Waals surface area contributed by atoms with E-state index in [4.69, 9.17) is 27.9 Å². The Bertz CT molecular complexity index is 1030. The maximum Gasteiger partial charge on any atom is 0.133 e. The fraction of sp³-hybridized carbons (Fsp3) is 0.0952. The molecule has 0 unspecified atom stereocenters. The quantitative estimate of drug-likeness (QED) is 0.358. The van der Waals surface area contributed by atoms with Crippen molar-refractivity contribution in [3.8, 4) is 5.75 Å². The summed E-state index contributed by atoms with van der Waals surface area (Å²) in [6.07, 6.45) is 0. The van der Waals surface area contributed by atoms with Gasteiger partial charge in [0.25, 0.3) is 0 Å². The first-order valence-corrected chi connectivity index (χ1v) is 11.2. The van der Waals surface area contributed by atoms with Gasteiger partial charge in [-0.25, -0.2) is 0 Å². The SMILES string of the molecule is Clc1ccc(COc2ccc([C@@H]3NN=C(c4ccccc4)S3)cc2I)cc1Cl. The molecule has 1 heterocycles. The molecule has 0 radical (unpaired) electrons. The topological polar surface area (TPSA) is 33.6 Å². The van der Waals surface area contributed by atoms with Crippen LogP contribution in [0.5, 0.6) is 5.75 Å². The molecule has 0 bridgehead atoms. The van der Waals surface area contributed by atoms with Crippen molar-refractivity contribution in [3.05, 3.63) is 97.0 Å².